The maximum atomic E-state index is 10.3. The minimum absolute atomic E-state index is 0.690. The molecule has 2 aromatic heterocycles. The third-order valence-electron chi connectivity index (χ3n) is 2.81. The van der Waals surface area contributed by atoms with Gasteiger partial charge in [-0.3, -0.25) is 15.0 Å². The van der Waals surface area contributed by atoms with E-state index in [0.29, 0.717) is 0 Å². The summed E-state index contributed by atoms with van der Waals surface area (Å²) in [5.74, 6) is 0. The highest BCUT2D eigenvalue weighted by molar-refractivity contribution is 5.74. The van der Waals surface area contributed by atoms with E-state index in [1.807, 2.05) is 24.3 Å². The standard InChI is InChI=1S/C14H11N3O/c18-14(11-2-1-5-15-9-11)10-3-4-12-13(8-10)17-7-6-16-12/h1-9,14,18H. The highest BCUT2D eigenvalue weighted by Gasteiger charge is 2.11. The Bertz CT molecular complexity index is 670. The number of hydrogen-bond acceptors (Lipinski definition) is 4. The Morgan fingerprint density at radius 1 is 0.889 bits per heavy atom. The Morgan fingerprint density at radius 2 is 1.72 bits per heavy atom. The van der Waals surface area contributed by atoms with E-state index in [9.17, 15) is 5.11 Å². The fraction of sp³-hybridized carbons (Fsp3) is 0.0714. The van der Waals surface area contributed by atoms with Crippen molar-refractivity contribution in [3.05, 3.63) is 66.2 Å². The van der Waals surface area contributed by atoms with Gasteiger partial charge in [-0.1, -0.05) is 12.1 Å². The molecular formula is C14H11N3O. The van der Waals surface area contributed by atoms with Crippen LogP contribution in [0.4, 0.5) is 0 Å². The van der Waals surface area contributed by atoms with Crippen LogP contribution >= 0.6 is 0 Å². The lowest BCUT2D eigenvalue weighted by molar-refractivity contribution is 0.220. The summed E-state index contributed by atoms with van der Waals surface area (Å²) in [6.45, 7) is 0. The Balaban J connectivity index is 2.04. The number of aliphatic hydroxyl groups excluding tert-OH is 1. The third kappa shape index (κ3) is 1.94. The molecule has 0 amide bonds. The molecule has 3 aromatic rings. The van der Waals surface area contributed by atoms with E-state index in [-0.39, 0.29) is 0 Å². The van der Waals surface area contributed by atoms with E-state index in [0.717, 1.165) is 22.2 Å². The molecule has 0 saturated heterocycles. The molecule has 0 radical (unpaired) electrons. The van der Waals surface area contributed by atoms with Crippen molar-refractivity contribution in [3.8, 4) is 0 Å². The van der Waals surface area contributed by atoms with Crippen LogP contribution in [-0.4, -0.2) is 20.1 Å². The maximum Gasteiger partial charge on any atom is 0.106 e. The Labute approximate surface area is 104 Å². The van der Waals surface area contributed by atoms with E-state index < -0.39 is 6.10 Å². The monoisotopic (exact) mass is 237 g/mol. The first-order chi connectivity index (χ1) is 8.84. The molecule has 18 heavy (non-hydrogen) atoms. The summed E-state index contributed by atoms with van der Waals surface area (Å²) in [6, 6.07) is 9.21. The van der Waals surface area contributed by atoms with Gasteiger partial charge in [-0.2, -0.15) is 0 Å². The van der Waals surface area contributed by atoms with Crippen molar-refractivity contribution in [2.45, 2.75) is 6.10 Å². The smallest absolute Gasteiger partial charge is 0.106 e. The predicted molar refractivity (Wildman–Crippen MR) is 67.8 cm³/mol. The molecule has 0 aliphatic heterocycles. The highest BCUT2D eigenvalue weighted by Crippen LogP contribution is 2.23. The maximum absolute atomic E-state index is 10.3. The summed E-state index contributed by atoms with van der Waals surface area (Å²) in [5, 5.41) is 10.3. The fourth-order valence-electron chi connectivity index (χ4n) is 1.88. The van der Waals surface area contributed by atoms with Gasteiger partial charge in [-0.15, -0.1) is 0 Å². The normalized spacial score (nSPS) is 12.5. The van der Waals surface area contributed by atoms with E-state index >= 15 is 0 Å². The van der Waals surface area contributed by atoms with Crippen LogP contribution in [-0.2, 0) is 0 Å². The number of pyridine rings is 1. The van der Waals surface area contributed by atoms with Crippen molar-refractivity contribution < 1.29 is 5.11 Å². The summed E-state index contributed by atoms with van der Waals surface area (Å²) >= 11 is 0. The van der Waals surface area contributed by atoms with Gasteiger partial charge >= 0.3 is 0 Å². The number of aromatic nitrogens is 3. The SMILES string of the molecule is OC(c1cccnc1)c1ccc2nccnc2c1. The topological polar surface area (TPSA) is 58.9 Å². The molecule has 1 unspecified atom stereocenters. The van der Waals surface area contributed by atoms with Crippen LogP contribution in [0.5, 0.6) is 0 Å². The Hall–Kier alpha value is -2.33. The molecular weight excluding hydrogens is 226 g/mol. The predicted octanol–water partition coefficient (Wildman–Crippen LogP) is 2.11. The quantitative estimate of drug-likeness (QED) is 0.741. The molecule has 0 aliphatic rings. The lowest BCUT2D eigenvalue weighted by Gasteiger charge is -2.11. The number of benzene rings is 1. The van der Waals surface area contributed by atoms with Gasteiger partial charge < -0.3 is 5.11 Å². The molecule has 2 heterocycles. The van der Waals surface area contributed by atoms with Crippen LogP contribution in [0.2, 0.25) is 0 Å². The summed E-state index contributed by atoms with van der Waals surface area (Å²) in [7, 11) is 0. The largest absolute Gasteiger partial charge is 0.384 e. The number of fused-ring (bicyclic) bond motifs is 1. The van der Waals surface area contributed by atoms with E-state index in [2.05, 4.69) is 15.0 Å². The molecule has 1 atom stereocenters. The molecule has 4 nitrogen and oxygen atoms in total. The zero-order chi connectivity index (χ0) is 12.4. The lowest BCUT2D eigenvalue weighted by atomic mass is 10.0. The summed E-state index contributed by atoms with van der Waals surface area (Å²) in [4.78, 5) is 12.4. The second-order valence-electron chi connectivity index (χ2n) is 3.99. The van der Waals surface area contributed by atoms with E-state index in [1.54, 1.807) is 30.9 Å². The molecule has 3 rings (SSSR count). The average Bonchev–Trinajstić information content (AvgIpc) is 2.47. The summed E-state index contributed by atoms with van der Waals surface area (Å²) in [6.07, 6.45) is 5.94. The molecule has 0 fully saturated rings. The minimum Gasteiger partial charge on any atom is -0.384 e. The van der Waals surface area contributed by atoms with Gasteiger partial charge in [0.15, 0.2) is 0 Å². The van der Waals surface area contributed by atoms with Crippen LogP contribution < -0.4 is 0 Å². The first kappa shape index (κ1) is 10.8. The van der Waals surface area contributed by atoms with Crippen LogP contribution in [0.25, 0.3) is 11.0 Å². The lowest BCUT2D eigenvalue weighted by Crippen LogP contribution is -2.00. The summed E-state index contributed by atoms with van der Waals surface area (Å²) < 4.78 is 0. The van der Waals surface area contributed by atoms with Crippen molar-refractivity contribution in [1.29, 1.82) is 0 Å². The number of rotatable bonds is 2. The van der Waals surface area contributed by atoms with Gasteiger partial charge in [0.1, 0.15) is 6.10 Å². The van der Waals surface area contributed by atoms with Crippen LogP contribution in [0, 0.1) is 0 Å². The first-order valence-corrected chi connectivity index (χ1v) is 5.63. The van der Waals surface area contributed by atoms with Crippen molar-refractivity contribution in [2.75, 3.05) is 0 Å². The molecule has 4 heteroatoms. The van der Waals surface area contributed by atoms with E-state index in [4.69, 9.17) is 0 Å². The molecule has 0 bridgehead atoms. The van der Waals surface area contributed by atoms with Gasteiger partial charge in [-0.05, 0) is 23.8 Å². The van der Waals surface area contributed by atoms with Crippen LogP contribution in [0.15, 0.2) is 55.1 Å². The average molecular weight is 237 g/mol. The first-order valence-electron chi connectivity index (χ1n) is 5.63. The molecule has 1 N–H and O–H groups in total. The third-order valence-corrected chi connectivity index (χ3v) is 2.81. The molecule has 0 spiro atoms. The molecule has 0 saturated carbocycles. The van der Waals surface area contributed by atoms with Crippen LogP contribution in [0.1, 0.15) is 17.2 Å². The van der Waals surface area contributed by atoms with Crippen molar-refractivity contribution >= 4 is 11.0 Å². The fourth-order valence-corrected chi connectivity index (χ4v) is 1.88. The van der Waals surface area contributed by atoms with Crippen molar-refractivity contribution in [1.82, 2.24) is 15.0 Å². The van der Waals surface area contributed by atoms with Gasteiger partial charge in [0.05, 0.1) is 11.0 Å². The second-order valence-corrected chi connectivity index (χ2v) is 3.99. The molecule has 88 valence electrons. The Kier molecular flexibility index (Phi) is 2.70. The van der Waals surface area contributed by atoms with E-state index in [1.165, 1.54) is 0 Å². The highest BCUT2D eigenvalue weighted by atomic mass is 16.3. The number of nitrogens with zero attached hydrogens (tertiary/aromatic N) is 3. The van der Waals surface area contributed by atoms with Crippen molar-refractivity contribution in [2.24, 2.45) is 0 Å². The number of aliphatic hydroxyl groups is 1. The second kappa shape index (κ2) is 4.50. The van der Waals surface area contributed by atoms with Crippen molar-refractivity contribution in [3.63, 3.8) is 0 Å². The molecule has 0 aliphatic carbocycles. The zero-order valence-electron chi connectivity index (χ0n) is 9.56. The van der Waals surface area contributed by atoms with Gasteiger partial charge in [-0.25, -0.2) is 0 Å². The minimum atomic E-state index is -0.690. The number of hydrogen-bond donors (Lipinski definition) is 1. The van der Waals surface area contributed by atoms with Crippen LogP contribution in [0.3, 0.4) is 0 Å². The Morgan fingerprint density at radius 3 is 2.50 bits per heavy atom. The van der Waals surface area contributed by atoms with Gasteiger partial charge in [0.2, 0.25) is 0 Å². The van der Waals surface area contributed by atoms with Gasteiger partial charge in [0.25, 0.3) is 0 Å². The zero-order valence-corrected chi connectivity index (χ0v) is 9.56. The molecule has 1 aromatic carbocycles. The summed E-state index contributed by atoms with van der Waals surface area (Å²) in [5.41, 5.74) is 3.15. The van der Waals surface area contributed by atoms with Gasteiger partial charge in [0, 0.05) is 30.4 Å².